The lowest BCUT2D eigenvalue weighted by Crippen LogP contribution is -2.39. The number of fused-ring (bicyclic) bond motifs is 3. The molecule has 0 radical (unpaired) electrons. The number of rotatable bonds is 6. The van der Waals surface area contributed by atoms with Crippen LogP contribution in [-0.4, -0.2) is 22.3 Å². The summed E-state index contributed by atoms with van der Waals surface area (Å²) < 4.78 is 14.0. The fraction of sp³-hybridized carbons (Fsp3) is 0.423. The van der Waals surface area contributed by atoms with Gasteiger partial charge in [-0.1, -0.05) is 36.4 Å². The standard InChI is InChI=1S/C26H32N2O3/c1-18(27-25(29)31-26(2,3)4)16-28-21-13-8-12-20(21)24-22(28)14-9-15-23(24)30-17-19-10-6-5-7-11-19/h5-7,9-11,14-15,18H,8,12-13,16-17H2,1-4H3,(H,27,29). The van der Waals surface area contributed by atoms with Crippen molar-refractivity contribution in [2.45, 2.75) is 71.8 Å². The summed E-state index contributed by atoms with van der Waals surface area (Å²) in [6.07, 6.45) is 2.90. The molecule has 1 atom stereocenters. The maximum Gasteiger partial charge on any atom is 0.407 e. The van der Waals surface area contributed by atoms with Crippen LogP contribution < -0.4 is 10.1 Å². The highest BCUT2D eigenvalue weighted by Gasteiger charge is 2.25. The van der Waals surface area contributed by atoms with E-state index in [1.54, 1.807) is 0 Å². The molecule has 1 aliphatic rings. The van der Waals surface area contributed by atoms with Crippen LogP contribution in [0.3, 0.4) is 0 Å². The SMILES string of the molecule is CC(Cn1c2c(c3c(OCc4ccccc4)cccc31)CCC2)NC(=O)OC(C)(C)C. The van der Waals surface area contributed by atoms with Gasteiger partial charge in [0.1, 0.15) is 18.0 Å². The number of alkyl carbamates (subject to hydrolysis) is 1. The summed E-state index contributed by atoms with van der Waals surface area (Å²) in [6.45, 7) is 8.90. The van der Waals surface area contributed by atoms with Crippen molar-refractivity contribution in [2.24, 2.45) is 0 Å². The molecule has 0 saturated carbocycles. The van der Waals surface area contributed by atoms with Gasteiger partial charge < -0.3 is 19.4 Å². The average Bonchev–Trinajstić information content (AvgIpc) is 3.28. The molecule has 0 bridgehead atoms. The molecule has 0 fully saturated rings. The number of amides is 1. The van der Waals surface area contributed by atoms with Gasteiger partial charge >= 0.3 is 6.09 Å². The van der Waals surface area contributed by atoms with Crippen LogP contribution in [0.5, 0.6) is 5.75 Å². The summed E-state index contributed by atoms with van der Waals surface area (Å²) >= 11 is 0. The Labute approximate surface area is 184 Å². The van der Waals surface area contributed by atoms with E-state index < -0.39 is 5.60 Å². The predicted octanol–water partition coefficient (Wildman–Crippen LogP) is 5.62. The van der Waals surface area contributed by atoms with Crippen LogP contribution in [0.2, 0.25) is 0 Å². The summed E-state index contributed by atoms with van der Waals surface area (Å²) in [7, 11) is 0. The molecule has 0 spiro atoms. The molecule has 1 amide bonds. The second-order valence-electron chi connectivity index (χ2n) is 9.36. The minimum atomic E-state index is -0.504. The van der Waals surface area contributed by atoms with Crippen molar-refractivity contribution < 1.29 is 14.3 Å². The molecule has 3 aromatic rings. The predicted molar refractivity (Wildman–Crippen MR) is 124 cm³/mol. The molecule has 1 N–H and O–H groups in total. The molecule has 1 unspecified atom stereocenters. The number of nitrogens with one attached hydrogen (secondary N) is 1. The highest BCUT2D eigenvalue weighted by Crippen LogP contribution is 2.38. The van der Waals surface area contributed by atoms with Crippen molar-refractivity contribution in [3.8, 4) is 5.75 Å². The molecule has 164 valence electrons. The second-order valence-corrected chi connectivity index (χ2v) is 9.36. The Bertz CT molecular complexity index is 1060. The Hall–Kier alpha value is -2.95. The van der Waals surface area contributed by atoms with Crippen LogP contribution in [0.1, 0.15) is 50.9 Å². The first-order valence-electron chi connectivity index (χ1n) is 11.1. The van der Waals surface area contributed by atoms with Crippen LogP contribution in [0.25, 0.3) is 10.9 Å². The lowest BCUT2D eigenvalue weighted by atomic mass is 10.1. The van der Waals surface area contributed by atoms with E-state index in [1.165, 1.54) is 22.2 Å². The van der Waals surface area contributed by atoms with Gasteiger partial charge in [0.25, 0.3) is 0 Å². The van der Waals surface area contributed by atoms with Gasteiger partial charge in [0.05, 0.1) is 5.52 Å². The van der Waals surface area contributed by atoms with E-state index in [0.717, 1.165) is 30.6 Å². The molecule has 5 heteroatoms. The summed E-state index contributed by atoms with van der Waals surface area (Å²) in [4.78, 5) is 12.2. The maximum atomic E-state index is 12.2. The highest BCUT2D eigenvalue weighted by atomic mass is 16.6. The largest absolute Gasteiger partial charge is 0.488 e. The molecule has 1 aromatic heterocycles. The van der Waals surface area contributed by atoms with E-state index in [0.29, 0.717) is 13.2 Å². The summed E-state index contributed by atoms with van der Waals surface area (Å²) in [5.41, 5.74) is 4.58. The van der Waals surface area contributed by atoms with Gasteiger partial charge in [-0.25, -0.2) is 4.79 Å². The first-order chi connectivity index (χ1) is 14.8. The zero-order valence-electron chi connectivity index (χ0n) is 18.9. The minimum Gasteiger partial charge on any atom is -0.488 e. The zero-order chi connectivity index (χ0) is 22.0. The van der Waals surface area contributed by atoms with Crippen LogP contribution in [-0.2, 0) is 30.7 Å². The van der Waals surface area contributed by atoms with E-state index in [-0.39, 0.29) is 12.1 Å². The summed E-state index contributed by atoms with van der Waals surface area (Å²) in [6, 6.07) is 16.5. The number of hydrogen-bond acceptors (Lipinski definition) is 3. The van der Waals surface area contributed by atoms with Crippen LogP contribution in [0.4, 0.5) is 4.79 Å². The third-order valence-corrected chi connectivity index (χ3v) is 5.57. The molecule has 0 saturated heterocycles. The fourth-order valence-electron chi connectivity index (χ4n) is 4.38. The van der Waals surface area contributed by atoms with Crippen LogP contribution in [0.15, 0.2) is 48.5 Å². The minimum absolute atomic E-state index is 0.0518. The Balaban J connectivity index is 1.58. The third kappa shape index (κ3) is 4.87. The zero-order valence-corrected chi connectivity index (χ0v) is 18.9. The van der Waals surface area contributed by atoms with Gasteiger partial charge in [0.15, 0.2) is 0 Å². The molecule has 0 aliphatic heterocycles. The molecular formula is C26H32N2O3. The molecule has 1 aliphatic carbocycles. The monoisotopic (exact) mass is 420 g/mol. The van der Waals surface area contributed by atoms with E-state index in [9.17, 15) is 4.79 Å². The molecule has 31 heavy (non-hydrogen) atoms. The van der Waals surface area contributed by atoms with Crippen molar-refractivity contribution in [3.05, 3.63) is 65.4 Å². The first-order valence-corrected chi connectivity index (χ1v) is 11.1. The first kappa shape index (κ1) is 21.3. The van der Waals surface area contributed by atoms with Gasteiger partial charge in [0.2, 0.25) is 0 Å². The molecular weight excluding hydrogens is 388 g/mol. The van der Waals surface area contributed by atoms with E-state index >= 15 is 0 Å². The normalized spacial score (nSPS) is 14.3. The number of ether oxygens (including phenoxy) is 2. The number of aromatic nitrogens is 1. The quantitative estimate of drug-likeness (QED) is 0.563. The van der Waals surface area contributed by atoms with Gasteiger partial charge in [-0.05, 0) is 70.2 Å². The lowest BCUT2D eigenvalue weighted by Gasteiger charge is -2.23. The summed E-state index contributed by atoms with van der Waals surface area (Å²) in [5, 5.41) is 4.20. The van der Waals surface area contributed by atoms with Gasteiger partial charge in [-0.3, -0.25) is 0 Å². The van der Waals surface area contributed by atoms with Gasteiger partial charge in [-0.2, -0.15) is 0 Å². The molecule has 5 nitrogen and oxygen atoms in total. The van der Waals surface area contributed by atoms with E-state index in [1.807, 2.05) is 45.9 Å². The van der Waals surface area contributed by atoms with Crippen molar-refractivity contribution in [1.29, 1.82) is 0 Å². The van der Waals surface area contributed by atoms with Crippen molar-refractivity contribution in [2.75, 3.05) is 0 Å². The number of benzene rings is 2. The maximum absolute atomic E-state index is 12.2. The fourth-order valence-corrected chi connectivity index (χ4v) is 4.38. The van der Waals surface area contributed by atoms with Crippen LogP contribution in [0, 0.1) is 0 Å². The van der Waals surface area contributed by atoms with Crippen molar-refractivity contribution in [3.63, 3.8) is 0 Å². The van der Waals surface area contributed by atoms with Gasteiger partial charge in [-0.15, -0.1) is 0 Å². The molecule has 1 heterocycles. The van der Waals surface area contributed by atoms with Crippen LogP contribution >= 0.6 is 0 Å². The number of carbonyl (C=O) groups is 1. The Morgan fingerprint density at radius 3 is 2.61 bits per heavy atom. The number of aryl methyl sites for hydroxylation is 1. The van der Waals surface area contributed by atoms with Crippen molar-refractivity contribution >= 4 is 17.0 Å². The number of nitrogens with zero attached hydrogens (tertiary/aromatic N) is 1. The number of carbonyl (C=O) groups excluding carboxylic acids is 1. The summed E-state index contributed by atoms with van der Waals surface area (Å²) in [5.74, 6) is 0.936. The van der Waals surface area contributed by atoms with E-state index in [4.69, 9.17) is 9.47 Å². The number of hydrogen-bond donors (Lipinski definition) is 1. The molecule has 2 aromatic carbocycles. The Morgan fingerprint density at radius 1 is 1.10 bits per heavy atom. The van der Waals surface area contributed by atoms with Gasteiger partial charge in [0, 0.05) is 23.7 Å². The average molecular weight is 421 g/mol. The molecule has 4 rings (SSSR count). The second kappa shape index (κ2) is 8.66. The lowest BCUT2D eigenvalue weighted by molar-refractivity contribution is 0.0504. The van der Waals surface area contributed by atoms with Crippen molar-refractivity contribution in [1.82, 2.24) is 9.88 Å². The topological polar surface area (TPSA) is 52.5 Å². The Morgan fingerprint density at radius 2 is 1.87 bits per heavy atom. The van der Waals surface area contributed by atoms with E-state index in [2.05, 4.69) is 40.2 Å². The Kier molecular flexibility index (Phi) is 5.94. The smallest absolute Gasteiger partial charge is 0.407 e. The highest BCUT2D eigenvalue weighted by molar-refractivity contribution is 5.92. The third-order valence-electron chi connectivity index (χ3n) is 5.57.